The number of nitrogens with zero attached hydrogens (tertiary/aromatic N) is 2. The summed E-state index contributed by atoms with van der Waals surface area (Å²) in [6.45, 7) is 0. The summed E-state index contributed by atoms with van der Waals surface area (Å²) in [5.41, 5.74) is -2.03. The number of rotatable bonds is 3. The van der Waals surface area contributed by atoms with Crippen molar-refractivity contribution < 1.29 is 18.0 Å². The van der Waals surface area contributed by atoms with E-state index in [1.807, 2.05) is 0 Å². The molecule has 2 heterocycles. The van der Waals surface area contributed by atoms with Crippen LogP contribution in [0.3, 0.4) is 0 Å². The van der Waals surface area contributed by atoms with Crippen LogP contribution in [0.15, 0.2) is 46.1 Å². The summed E-state index contributed by atoms with van der Waals surface area (Å²) in [5, 5.41) is 2.41. The first-order chi connectivity index (χ1) is 13.2. The minimum atomic E-state index is -4.54. The standard InChI is InChI=1S/C18H13F3N4O3/c19-18(20,21)10-2-1-3-11(7-10)23-15(26)9-6-13-14(22-8-9)25(12-4-5-12)17(28)24-16(13)27/h1-3,6-8,12H,4-5H2,(H,23,26)(H,24,27,28). The van der Waals surface area contributed by atoms with E-state index < -0.39 is 28.9 Å². The van der Waals surface area contributed by atoms with Crippen LogP contribution in [0.25, 0.3) is 11.0 Å². The van der Waals surface area contributed by atoms with E-state index in [0.717, 1.165) is 25.0 Å². The lowest BCUT2D eigenvalue weighted by atomic mass is 10.1. The molecule has 3 aromatic rings. The number of pyridine rings is 1. The Bertz CT molecular complexity index is 1210. The molecule has 10 heteroatoms. The molecule has 1 saturated carbocycles. The number of carbonyl (C=O) groups is 1. The molecule has 2 N–H and O–H groups in total. The van der Waals surface area contributed by atoms with Gasteiger partial charge in [-0.15, -0.1) is 0 Å². The summed E-state index contributed by atoms with van der Waals surface area (Å²) in [6, 6.07) is 5.43. The predicted molar refractivity (Wildman–Crippen MR) is 94.3 cm³/mol. The van der Waals surface area contributed by atoms with Gasteiger partial charge in [-0.05, 0) is 37.1 Å². The van der Waals surface area contributed by atoms with Crippen molar-refractivity contribution in [2.75, 3.05) is 5.32 Å². The number of hydrogen-bond acceptors (Lipinski definition) is 4. The van der Waals surface area contributed by atoms with Gasteiger partial charge in [-0.25, -0.2) is 9.78 Å². The number of amides is 1. The molecule has 0 spiro atoms. The summed E-state index contributed by atoms with van der Waals surface area (Å²) in [7, 11) is 0. The van der Waals surface area contributed by atoms with Gasteiger partial charge in [0.25, 0.3) is 11.5 Å². The van der Waals surface area contributed by atoms with Gasteiger partial charge in [-0.3, -0.25) is 19.1 Å². The van der Waals surface area contributed by atoms with Gasteiger partial charge in [0.15, 0.2) is 0 Å². The number of halogens is 3. The lowest BCUT2D eigenvalue weighted by Crippen LogP contribution is -2.30. The highest BCUT2D eigenvalue weighted by molar-refractivity contribution is 6.05. The summed E-state index contributed by atoms with van der Waals surface area (Å²) in [5.74, 6) is -0.725. The zero-order valence-corrected chi connectivity index (χ0v) is 14.2. The largest absolute Gasteiger partial charge is 0.416 e. The molecule has 0 aliphatic heterocycles. The molecule has 28 heavy (non-hydrogen) atoms. The second-order valence-corrected chi connectivity index (χ2v) is 6.49. The lowest BCUT2D eigenvalue weighted by Gasteiger charge is -2.11. The number of alkyl halides is 3. The average molecular weight is 390 g/mol. The smallest absolute Gasteiger partial charge is 0.322 e. The van der Waals surface area contributed by atoms with Crippen LogP contribution in [0.5, 0.6) is 0 Å². The Morgan fingerprint density at radius 2 is 1.96 bits per heavy atom. The number of nitrogens with one attached hydrogen (secondary N) is 2. The Kier molecular flexibility index (Phi) is 4.06. The molecule has 1 aliphatic rings. The van der Waals surface area contributed by atoms with Crippen molar-refractivity contribution >= 4 is 22.6 Å². The summed E-state index contributed by atoms with van der Waals surface area (Å²) in [6.07, 6.45) is -1.77. The molecule has 0 atom stereocenters. The molecule has 0 bridgehead atoms. The summed E-state index contributed by atoms with van der Waals surface area (Å²) >= 11 is 0. The SMILES string of the molecule is O=C(Nc1cccc(C(F)(F)F)c1)c1cnc2c(c1)c(=O)[nH]c(=O)n2C1CC1. The van der Waals surface area contributed by atoms with E-state index in [0.29, 0.717) is 0 Å². The molecule has 0 unspecified atom stereocenters. The predicted octanol–water partition coefficient (Wildman–Crippen LogP) is 2.69. The number of fused-ring (bicyclic) bond motifs is 1. The van der Waals surface area contributed by atoms with Crippen LogP contribution in [-0.2, 0) is 6.18 Å². The van der Waals surface area contributed by atoms with Crippen molar-refractivity contribution in [2.45, 2.75) is 25.1 Å². The zero-order chi connectivity index (χ0) is 20.1. The van der Waals surface area contributed by atoms with E-state index in [-0.39, 0.29) is 28.3 Å². The van der Waals surface area contributed by atoms with E-state index in [1.54, 1.807) is 0 Å². The number of carbonyl (C=O) groups excluding carboxylic acids is 1. The molecule has 0 saturated heterocycles. The molecule has 4 rings (SSSR count). The Hall–Kier alpha value is -3.43. The van der Waals surface area contributed by atoms with Crippen LogP contribution in [-0.4, -0.2) is 20.4 Å². The first-order valence-corrected chi connectivity index (χ1v) is 8.37. The number of hydrogen-bond donors (Lipinski definition) is 2. The van der Waals surface area contributed by atoms with Crippen molar-refractivity contribution in [3.8, 4) is 0 Å². The molecular weight excluding hydrogens is 377 g/mol. The first kappa shape index (κ1) is 18.0. The molecule has 144 valence electrons. The molecule has 1 aliphatic carbocycles. The Labute approximate surface area is 154 Å². The van der Waals surface area contributed by atoms with Gasteiger partial charge in [-0.1, -0.05) is 6.07 Å². The molecule has 2 aromatic heterocycles. The number of aromatic amines is 1. The molecule has 7 nitrogen and oxygen atoms in total. The van der Waals surface area contributed by atoms with Crippen molar-refractivity contribution in [1.82, 2.24) is 14.5 Å². The number of benzene rings is 1. The molecular formula is C18H13F3N4O3. The van der Waals surface area contributed by atoms with Gasteiger partial charge in [0.05, 0.1) is 16.5 Å². The topological polar surface area (TPSA) is 96.8 Å². The zero-order valence-electron chi connectivity index (χ0n) is 14.2. The van der Waals surface area contributed by atoms with E-state index >= 15 is 0 Å². The third-order valence-electron chi connectivity index (χ3n) is 4.40. The van der Waals surface area contributed by atoms with E-state index in [1.165, 1.54) is 29.0 Å². The van der Waals surface area contributed by atoms with Gasteiger partial charge in [0.2, 0.25) is 0 Å². The third-order valence-corrected chi connectivity index (χ3v) is 4.40. The third kappa shape index (κ3) is 3.28. The summed E-state index contributed by atoms with van der Waals surface area (Å²) in [4.78, 5) is 42.8. The van der Waals surface area contributed by atoms with Crippen LogP contribution in [0.1, 0.15) is 34.8 Å². The van der Waals surface area contributed by atoms with E-state index in [9.17, 15) is 27.6 Å². The van der Waals surface area contributed by atoms with E-state index in [2.05, 4.69) is 15.3 Å². The van der Waals surface area contributed by atoms with Crippen molar-refractivity contribution in [3.63, 3.8) is 0 Å². The van der Waals surface area contributed by atoms with Gasteiger partial charge >= 0.3 is 11.9 Å². The second-order valence-electron chi connectivity index (χ2n) is 6.49. The number of aromatic nitrogens is 3. The normalized spacial score (nSPS) is 14.2. The molecule has 1 fully saturated rings. The van der Waals surface area contributed by atoms with Crippen molar-refractivity contribution in [3.05, 3.63) is 68.5 Å². The Balaban J connectivity index is 1.69. The average Bonchev–Trinajstić information content (AvgIpc) is 3.46. The Morgan fingerprint density at radius 1 is 1.21 bits per heavy atom. The fourth-order valence-electron chi connectivity index (χ4n) is 2.91. The fourth-order valence-corrected chi connectivity index (χ4v) is 2.91. The first-order valence-electron chi connectivity index (χ1n) is 8.37. The highest BCUT2D eigenvalue weighted by Gasteiger charge is 2.30. The maximum atomic E-state index is 12.8. The van der Waals surface area contributed by atoms with Crippen LogP contribution in [0.2, 0.25) is 0 Å². The molecule has 1 amide bonds. The van der Waals surface area contributed by atoms with Crippen LogP contribution >= 0.6 is 0 Å². The van der Waals surface area contributed by atoms with Gasteiger partial charge in [0.1, 0.15) is 5.65 Å². The monoisotopic (exact) mass is 390 g/mol. The van der Waals surface area contributed by atoms with Crippen LogP contribution in [0, 0.1) is 0 Å². The highest BCUT2D eigenvalue weighted by atomic mass is 19.4. The lowest BCUT2D eigenvalue weighted by molar-refractivity contribution is -0.137. The number of anilines is 1. The van der Waals surface area contributed by atoms with Gasteiger partial charge in [0, 0.05) is 17.9 Å². The number of H-pyrrole nitrogens is 1. The van der Waals surface area contributed by atoms with Crippen LogP contribution in [0.4, 0.5) is 18.9 Å². The molecule has 0 radical (unpaired) electrons. The fraction of sp³-hybridized carbons (Fsp3) is 0.222. The van der Waals surface area contributed by atoms with Crippen LogP contribution < -0.4 is 16.6 Å². The van der Waals surface area contributed by atoms with E-state index in [4.69, 9.17) is 0 Å². The minimum absolute atomic E-state index is 0.0172. The second kappa shape index (κ2) is 6.32. The summed E-state index contributed by atoms with van der Waals surface area (Å²) < 4.78 is 39.8. The van der Waals surface area contributed by atoms with Gasteiger partial charge in [-0.2, -0.15) is 13.2 Å². The van der Waals surface area contributed by atoms with Gasteiger partial charge < -0.3 is 5.32 Å². The highest BCUT2D eigenvalue weighted by Crippen LogP contribution is 2.34. The maximum Gasteiger partial charge on any atom is 0.416 e. The maximum absolute atomic E-state index is 12.8. The minimum Gasteiger partial charge on any atom is -0.322 e. The van der Waals surface area contributed by atoms with Crippen molar-refractivity contribution in [1.29, 1.82) is 0 Å². The Morgan fingerprint density at radius 3 is 2.64 bits per heavy atom. The van der Waals surface area contributed by atoms with Crippen molar-refractivity contribution in [2.24, 2.45) is 0 Å². The quantitative estimate of drug-likeness (QED) is 0.719. The molecule has 1 aromatic carbocycles.